The lowest BCUT2D eigenvalue weighted by molar-refractivity contribution is 0.488. The van der Waals surface area contributed by atoms with Crippen LogP contribution >= 0.6 is 7.92 Å². The Morgan fingerprint density at radius 1 is 0.773 bits per heavy atom. The number of nitrogens with one attached hydrogen (secondary N) is 1. The van der Waals surface area contributed by atoms with Crippen molar-refractivity contribution in [2.45, 2.75) is 6.54 Å². The van der Waals surface area contributed by atoms with Crippen LogP contribution in [0.2, 0.25) is 0 Å². The Bertz CT molecular complexity index is 613. The molecule has 0 atom stereocenters. The highest BCUT2D eigenvalue weighted by molar-refractivity contribution is 7.73. The normalized spacial score (nSPS) is 11.0. The average Bonchev–Trinajstić information content (AvgIpc) is 3.10. The fourth-order valence-electron chi connectivity index (χ4n) is 2.44. The molecule has 2 nitrogen and oxygen atoms in total. The highest BCUT2D eigenvalue weighted by Crippen LogP contribution is 2.32. The molecule has 0 unspecified atom stereocenters. The van der Waals surface area contributed by atoms with E-state index < -0.39 is 0 Å². The molecule has 22 heavy (non-hydrogen) atoms. The van der Waals surface area contributed by atoms with Crippen molar-refractivity contribution in [3.63, 3.8) is 0 Å². The Balaban J connectivity index is 1.64. The molecule has 3 aromatic rings. The maximum Gasteiger partial charge on any atom is 0.117 e. The molecule has 2 aromatic carbocycles. The first-order valence-corrected chi connectivity index (χ1v) is 9.07. The van der Waals surface area contributed by atoms with Gasteiger partial charge >= 0.3 is 0 Å². The predicted molar refractivity (Wildman–Crippen MR) is 94.4 cm³/mol. The van der Waals surface area contributed by atoms with E-state index in [0.717, 1.165) is 25.0 Å². The Labute approximate surface area is 132 Å². The van der Waals surface area contributed by atoms with Crippen LogP contribution in [0.5, 0.6) is 0 Å². The van der Waals surface area contributed by atoms with Crippen molar-refractivity contribution in [2.24, 2.45) is 0 Å². The van der Waals surface area contributed by atoms with E-state index in [9.17, 15) is 0 Å². The quantitative estimate of drug-likeness (QED) is 0.534. The van der Waals surface area contributed by atoms with Gasteiger partial charge in [-0.05, 0) is 36.8 Å². The van der Waals surface area contributed by atoms with Crippen molar-refractivity contribution in [1.82, 2.24) is 5.32 Å². The van der Waals surface area contributed by atoms with Crippen LogP contribution in [0.1, 0.15) is 5.76 Å². The van der Waals surface area contributed by atoms with E-state index in [-0.39, 0.29) is 7.92 Å². The van der Waals surface area contributed by atoms with Gasteiger partial charge in [-0.3, -0.25) is 0 Å². The Hall–Kier alpha value is -1.89. The molecule has 1 N–H and O–H groups in total. The van der Waals surface area contributed by atoms with E-state index >= 15 is 0 Å². The first-order chi connectivity index (χ1) is 10.9. The molecular weight excluding hydrogens is 289 g/mol. The van der Waals surface area contributed by atoms with E-state index in [1.165, 1.54) is 10.6 Å². The fourth-order valence-corrected chi connectivity index (χ4v) is 4.70. The van der Waals surface area contributed by atoms with Gasteiger partial charge in [0.2, 0.25) is 0 Å². The maximum atomic E-state index is 5.35. The third kappa shape index (κ3) is 4.07. The van der Waals surface area contributed by atoms with Crippen molar-refractivity contribution >= 4 is 18.5 Å². The second kappa shape index (κ2) is 7.93. The lowest BCUT2D eigenvalue weighted by Crippen LogP contribution is -2.22. The second-order valence-corrected chi connectivity index (χ2v) is 7.41. The van der Waals surface area contributed by atoms with E-state index in [0.29, 0.717) is 0 Å². The van der Waals surface area contributed by atoms with Gasteiger partial charge in [0, 0.05) is 6.54 Å². The highest BCUT2D eigenvalue weighted by Gasteiger charge is 2.12. The Morgan fingerprint density at radius 2 is 1.41 bits per heavy atom. The summed E-state index contributed by atoms with van der Waals surface area (Å²) in [6.45, 7) is 1.77. The first kappa shape index (κ1) is 15.0. The molecule has 0 spiro atoms. The lowest BCUT2D eigenvalue weighted by atomic mass is 10.4. The molecule has 1 heterocycles. The zero-order valence-electron chi connectivity index (χ0n) is 12.5. The summed E-state index contributed by atoms with van der Waals surface area (Å²) in [6, 6.07) is 25.6. The molecule has 3 heteroatoms. The number of benzene rings is 2. The van der Waals surface area contributed by atoms with Crippen molar-refractivity contribution in [3.8, 4) is 0 Å². The molecule has 112 valence electrons. The summed E-state index contributed by atoms with van der Waals surface area (Å²) < 4.78 is 5.35. The average molecular weight is 309 g/mol. The zero-order valence-corrected chi connectivity index (χ0v) is 13.4. The SMILES string of the molecule is c1ccc(P(CCNCc2ccco2)c2ccccc2)cc1. The minimum atomic E-state index is -0.313. The summed E-state index contributed by atoms with van der Waals surface area (Å²) in [5.74, 6) is 0.990. The third-order valence-electron chi connectivity index (χ3n) is 3.53. The number of furan rings is 1. The summed E-state index contributed by atoms with van der Waals surface area (Å²) in [5, 5.41) is 6.35. The van der Waals surface area contributed by atoms with Crippen molar-refractivity contribution in [3.05, 3.63) is 84.8 Å². The number of hydrogen-bond acceptors (Lipinski definition) is 2. The summed E-state index contributed by atoms with van der Waals surface area (Å²) in [4.78, 5) is 0. The van der Waals surface area contributed by atoms with Gasteiger partial charge in [-0.25, -0.2) is 0 Å². The summed E-state index contributed by atoms with van der Waals surface area (Å²) in [7, 11) is -0.313. The van der Waals surface area contributed by atoms with Crippen LogP contribution < -0.4 is 15.9 Å². The Morgan fingerprint density at radius 3 is 1.95 bits per heavy atom. The number of rotatable bonds is 7. The van der Waals surface area contributed by atoms with Crippen LogP contribution in [0.3, 0.4) is 0 Å². The van der Waals surface area contributed by atoms with Gasteiger partial charge in [0.05, 0.1) is 12.8 Å². The first-order valence-electron chi connectivity index (χ1n) is 7.54. The van der Waals surface area contributed by atoms with Crippen LogP contribution in [0, 0.1) is 0 Å². The molecular formula is C19H20NOP. The largest absolute Gasteiger partial charge is 0.468 e. The highest BCUT2D eigenvalue weighted by atomic mass is 31.1. The van der Waals surface area contributed by atoms with Gasteiger partial charge < -0.3 is 9.73 Å². The summed E-state index contributed by atoms with van der Waals surface area (Å²) >= 11 is 0. The van der Waals surface area contributed by atoms with Gasteiger partial charge in [-0.2, -0.15) is 0 Å². The van der Waals surface area contributed by atoms with E-state index in [2.05, 4.69) is 66.0 Å². The number of hydrogen-bond donors (Lipinski definition) is 1. The lowest BCUT2D eigenvalue weighted by Gasteiger charge is -2.18. The molecule has 0 bridgehead atoms. The molecule has 0 saturated heterocycles. The summed E-state index contributed by atoms with van der Waals surface area (Å²) in [5.41, 5.74) is 0. The van der Waals surface area contributed by atoms with E-state index in [1.807, 2.05) is 12.1 Å². The van der Waals surface area contributed by atoms with E-state index in [1.54, 1.807) is 6.26 Å². The van der Waals surface area contributed by atoms with Crippen molar-refractivity contribution < 1.29 is 4.42 Å². The van der Waals surface area contributed by atoms with Crippen molar-refractivity contribution in [2.75, 3.05) is 12.7 Å². The van der Waals surface area contributed by atoms with Crippen molar-refractivity contribution in [1.29, 1.82) is 0 Å². The Kier molecular flexibility index (Phi) is 5.42. The third-order valence-corrected chi connectivity index (χ3v) is 6.04. The molecule has 0 aliphatic carbocycles. The van der Waals surface area contributed by atoms with Gasteiger partial charge in [0.1, 0.15) is 5.76 Å². The molecule has 0 aliphatic heterocycles. The van der Waals surface area contributed by atoms with Crippen LogP contribution in [0.25, 0.3) is 0 Å². The minimum Gasteiger partial charge on any atom is -0.468 e. The fraction of sp³-hybridized carbons (Fsp3) is 0.158. The van der Waals surface area contributed by atoms with E-state index in [4.69, 9.17) is 4.42 Å². The standard InChI is InChI=1S/C19H20NOP/c1-3-9-18(10-4-1)22(19-11-5-2-6-12-19)15-13-20-16-17-8-7-14-21-17/h1-12,14,20H,13,15-16H2. The molecule has 0 saturated carbocycles. The van der Waals surface area contributed by atoms with Gasteiger partial charge in [-0.1, -0.05) is 60.7 Å². The summed E-state index contributed by atoms with van der Waals surface area (Å²) in [6.07, 6.45) is 2.85. The smallest absolute Gasteiger partial charge is 0.117 e. The molecule has 0 radical (unpaired) electrons. The van der Waals surface area contributed by atoms with Crippen LogP contribution in [0.4, 0.5) is 0 Å². The van der Waals surface area contributed by atoms with Crippen LogP contribution in [0.15, 0.2) is 83.5 Å². The molecule has 1 aromatic heterocycles. The van der Waals surface area contributed by atoms with Gasteiger partial charge in [0.15, 0.2) is 0 Å². The van der Waals surface area contributed by atoms with Gasteiger partial charge in [-0.15, -0.1) is 0 Å². The molecule has 0 amide bonds. The topological polar surface area (TPSA) is 25.2 Å². The van der Waals surface area contributed by atoms with Crippen LogP contribution in [-0.2, 0) is 6.54 Å². The monoisotopic (exact) mass is 309 g/mol. The zero-order chi connectivity index (χ0) is 15.0. The molecule has 3 rings (SSSR count). The van der Waals surface area contributed by atoms with Crippen LogP contribution in [-0.4, -0.2) is 12.7 Å². The maximum absolute atomic E-state index is 5.35. The minimum absolute atomic E-state index is 0.313. The second-order valence-electron chi connectivity index (χ2n) is 5.08. The molecule has 0 fully saturated rings. The predicted octanol–water partition coefficient (Wildman–Crippen LogP) is 3.50. The van der Waals surface area contributed by atoms with Gasteiger partial charge in [0.25, 0.3) is 0 Å². The molecule has 0 aliphatic rings.